The lowest BCUT2D eigenvalue weighted by atomic mass is 10.3. The number of hydrogen-bond donors (Lipinski definition) is 2. The molecule has 50 valence electrons. The molecular formula is C7H6N2S. The predicted octanol–water partition coefficient (Wildman–Crippen LogP) is 1.85. The molecule has 0 spiro atoms. The molecule has 0 bridgehead atoms. The second-order valence-corrected chi connectivity index (χ2v) is 2.56. The lowest BCUT2D eigenvalue weighted by Gasteiger charge is -1.89. The largest absolute Gasteiger partial charge is 0.345 e. The van der Waals surface area contributed by atoms with Crippen LogP contribution < -0.4 is 0 Å². The molecule has 10 heavy (non-hydrogen) atoms. The first kappa shape index (κ1) is 5.80. The van der Waals surface area contributed by atoms with Crippen LogP contribution in [0.15, 0.2) is 29.4 Å². The molecule has 2 nitrogen and oxygen atoms in total. The number of benzene rings is 1. The highest BCUT2D eigenvalue weighted by Crippen LogP contribution is 2.16. The lowest BCUT2D eigenvalue weighted by Crippen LogP contribution is -1.69. The van der Waals surface area contributed by atoms with Crippen LogP contribution in [0.3, 0.4) is 0 Å². The van der Waals surface area contributed by atoms with E-state index >= 15 is 0 Å². The number of fused-ring (bicyclic) bond motifs is 1. The van der Waals surface area contributed by atoms with Crippen LogP contribution in [0.2, 0.25) is 0 Å². The Morgan fingerprint density at radius 1 is 1.40 bits per heavy atom. The van der Waals surface area contributed by atoms with Gasteiger partial charge in [0.1, 0.15) is 5.52 Å². The number of para-hydroxylation sites is 1. The maximum Gasteiger partial charge on any atom is 0.102 e. The summed E-state index contributed by atoms with van der Waals surface area (Å²) in [4.78, 5) is 8.00. The summed E-state index contributed by atoms with van der Waals surface area (Å²) in [5.41, 5.74) is 1.97. The summed E-state index contributed by atoms with van der Waals surface area (Å²) < 4.78 is 0. The summed E-state index contributed by atoms with van der Waals surface area (Å²) in [6.45, 7) is 0. The van der Waals surface area contributed by atoms with Gasteiger partial charge in [0.2, 0.25) is 0 Å². The Labute approximate surface area is 63.7 Å². The van der Waals surface area contributed by atoms with Crippen LogP contribution in [-0.2, 0) is 0 Å². The normalized spacial score (nSPS) is 10.5. The molecule has 0 saturated carbocycles. The minimum absolute atomic E-state index is 0.916. The van der Waals surface area contributed by atoms with Crippen molar-refractivity contribution in [3.8, 4) is 0 Å². The molecular weight excluding hydrogens is 144 g/mol. The third kappa shape index (κ3) is 0.708. The number of aromatic nitrogens is 2. The van der Waals surface area contributed by atoms with Crippen molar-refractivity contribution in [1.82, 2.24) is 9.97 Å². The second-order valence-electron chi connectivity index (χ2n) is 2.08. The van der Waals surface area contributed by atoms with E-state index in [0.717, 1.165) is 15.9 Å². The number of imidazole rings is 1. The second kappa shape index (κ2) is 2.02. The number of thiol groups is 1. The van der Waals surface area contributed by atoms with Crippen molar-refractivity contribution < 1.29 is 0 Å². The van der Waals surface area contributed by atoms with E-state index in [4.69, 9.17) is 0 Å². The monoisotopic (exact) mass is 150 g/mol. The molecule has 0 unspecified atom stereocenters. The molecule has 0 aliphatic rings. The smallest absolute Gasteiger partial charge is 0.102 e. The third-order valence-electron chi connectivity index (χ3n) is 1.43. The van der Waals surface area contributed by atoms with Crippen molar-refractivity contribution in [2.24, 2.45) is 0 Å². The van der Waals surface area contributed by atoms with Crippen LogP contribution in [-0.4, -0.2) is 9.97 Å². The van der Waals surface area contributed by atoms with Gasteiger partial charge in [-0.25, -0.2) is 4.98 Å². The summed E-state index contributed by atoms with van der Waals surface area (Å²) in [6.07, 6.45) is 1.67. The molecule has 2 rings (SSSR count). The molecule has 3 heteroatoms. The highest BCUT2D eigenvalue weighted by molar-refractivity contribution is 7.80. The van der Waals surface area contributed by atoms with E-state index in [9.17, 15) is 0 Å². The zero-order valence-electron chi connectivity index (χ0n) is 5.20. The molecule has 0 fully saturated rings. The average molecular weight is 150 g/mol. The van der Waals surface area contributed by atoms with Crippen LogP contribution in [0.25, 0.3) is 11.0 Å². The molecule has 0 aliphatic heterocycles. The first-order valence-corrected chi connectivity index (χ1v) is 3.44. The number of hydrogen-bond acceptors (Lipinski definition) is 2. The minimum Gasteiger partial charge on any atom is -0.345 e. The zero-order chi connectivity index (χ0) is 6.97. The maximum absolute atomic E-state index is 4.23. The Hall–Kier alpha value is -0.960. The Balaban J connectivity index is 2.95. The summed E-state index contributed by atoms with van der Waals surface area (Å²) >= 11 is 4.23. The molecule has 2 aromatic rings. The number of H-pyrrole nitrogens is 1. The van der Waals surface area contributed by atoms with Gasteiger partial charge in [0, 0.05) is 4.90 Å². The standard InChI is InChI=1S/C7H6N2S/c10-6-3-1-2-5-7(6)9-4-8-5/h1-4,10H,(H,8,9). The van der Waals surface area contributed by atoms with Crippen molar-refractivity contribution in [2.45, 2.75) is 4.90 Å². The van der Waals surface area contributed by atoms with Gasteiger partial charge in [-0.3, -0.25) is 0 Å². The first-order chi connectivity index (χ1) is 4.88. The average Bonchev–Trinajstić information content (AvgIpc) is 2.36. The van der Waals surface area contributed by atoms with Crippen molar-refractivity contribution >= 4 is 23.7 Å². The zero-order valence-corrected chi connectivity index (χ0v) is 6.10. The van der Waals surface area contributed by atoms with Gasteiger partial charge in [0.05, 0.1) is 11.8 Å². The predicted molar refractivity (Wildman–Crippen MR) is 43.3 cm³/mol. The van der Waals surface area contributed by atoms with E-state index in [1.807, 2.05) is 18.2 Å². The van der Waals surface area contributed by atoms with Crippen molar-refractivity contribution in [3.63, 3.8) is 0 Å². The fraction of sp³-hybridized carbons (Fsp3) is 0. The molecule has 0 atom stereocenters. The maximum atomic E-state index is 4.23. The Kier molecular flexibility index (Phi) is 1.17. The topological polar surface area (TPSA) is 28.7 Å². The molecule has 1 aromatic carbocycles. The van der Waals surface area contributed by atoms with Gasteiger partial charge in [-0.2, -0.15) is 0 Å². The molecule has 0 amide bonds. The van der Waals surface area contributed by atoms with Crippen LogP contribution in [0.5, 0.6) is 0 Å². The Morgan fingerprint density at radius 2 is 2.30 bits per heavy atom. The van der Waals surface area contributed by atoms with Gasteiger partial charge in [-0.1, -0.05) is 6.07 Å². The van der Waals surface area contributed by atoms with Crippen LogP contribution in [0, 0.1) is 0 Å². The van der Waals surface area contributed by atoms with E-state index in [2.05, 4.69) is 22.6 Å². The Morgan fingerprint density at radius 3 is 3.10 bits per heavy atom. The quantitative estimate of drug-likeness (QED) is 0.551. The van der Waals surface area contributed by atoms with Gasteiger partial charge in [0.25, 0.3) is 0 Å². The molecule has 1 N–H and O–H groups in total. The number of rotatable bonds is 0. The van der Waals surface area contributed by atoms with E-state index < -0.39 is 0 Å². The summed E-state index contributed by atoms with van der Waals surface area (Å²) in [7, 11) is 0. The first-order valence-electron chi connectivity index (χ1n) is 2.99. The van der Waals surface area contributed by atoms with Gasteiger partial charge in [0.15, 0.2) is 0 Å². The number of nitrogens with one attached hydrogen (secondary N) is 1. The molecule has 1 heterocycles. The third-order valence-corrected chi connectivity index (χ3v) is 1.79. The van der Waals surface area contributed by atoms with Gasteiger partial charge < -0.3 is 4.98 Å². The molecule has 0 radical (unpaired) electrons. The fourth-order valence-corrected chi connectivity index (χ4v) is 1.21. The van der Waals surface area contributed by atoms with Gasteiger partial charge >= 0.3 is 0 Å². The minimum atomic E-state index is 0.916. The van der Waals surface area contributed by atoms with Gasteiger partial charge in [-0.05, 0) is 12.1 Å². The molecule has 0 saturated heterocycles. The Bertz CT molecular complexity index is 353. The van der Waals surface area contributed by atoms with Crippen LogP contribution in [0.1, 0.15) is 0 Å². The number of nitrogens with zero attached hydrogens (tertiary/aromatic N) is 1. The van der Waals surface area contributed by atoms with Crippen molar-refractivity contribution in [2.75, 3.05) is 0 Å². The van der Waals surface area contributed by atoms with Gasteiger partial charge in [-0.15, -0.1) is 12.6 Å². The van der Waals surface area contributed by atoms with E-state index in [1.165, 1.54) is 0 Å². The molecule has 1 aromatic heterocycles. The van der Waals surface area contributed by atoms with Crippen molar-refractivity contribution in [1.29, 1.82) is 0 Å². The van der Waals surface area contributed by atoms with Crippen molar-refractivity contribution in [3.05, 3.63) is 24.5 Å². The SMILES string of the molecule is Sc1cccc2[nH]cnc12. The highest BCUT2D eigenvalue weighted by Gasteiger charge is 1.96. The summed E-state index contributed by atoms with van der Waals surface area (Å²) in [6, 6.07) is 5.84. The lowest BCUT2D eigenvalue weighted by molar-refractivity contribution is 1.33. The fourth-order valence-electron chi connectivity index (χ4n) is 0.950. The summed E-state index contributed by atoms with van der Waals surface area (Å²) in [5.74, 6) is 0. The van der Waals surface area contributed by atoms with Crippen LogP contribution in [0.4, 0.5) is 0 Å². The number of aromatic amines is 1. The van der Waals surface area contributed by atoms with Crippen LogP contribution >= 0.6 is 12.6 Å². The highest BCUT2D eigenvalue weighted by atomic mass is 32.1. The van der Waals surface area contributed by atoms with E-state index in [1.54, 1.807) is 6.33 Å². The van der Waals surface area contributed by atoms with E-state index in [0.29, 0.717) is 0 Å². The molecule has 0 aliphatic carbocycles. The summed E-state index contributed by atoms with van der Waals surface area (Å²) in [5, 5.41) is 0. The van der Waals surface area contributed by atoms with E-state index in [-0.39, 0.29) is 0 Å².